The molecule has 0 spiro atoms. The summed E-state index contributed by atoms with van der Waals surface area (Å²) in [6, 6.07) is 8.87. The van der Waals surface area contributed by atoms with Crippen molar-refractivity contribution in [2.24, 2.45) is 0 Å². The molecule has 4 nitrogen and oxygen atoms in total. The standard InChI is InChI=1S/C15H19N3O/c1-19-13-5-2-4-12(10-13)14-6-3-9-18(14)11-15-16-7-8-17-15/h2,4-5,7-8,10,14H,3,6,9,11H2,1H3,(H,16,17)/t14-/m1/s1. The van der Waals surface area contributed by atoms with Gasteiger partial charge in [-0.1, -0.05) is 12.1 Å². The molecule has 0 unspecified atom stereocenters. The van der Waals surface area contributed by atoms with Gasteiger partial charge in [0.05, 0.1) is 13.7 Å². The molecule has 3 rings (SSSR count). The van der Waals surface area contributed by atoms with Gasteiger partial charge in [0.15, 0.2) is 0 Å². The molecule has 1 atom stereocenters. The Morgan fingerprint density at radius 1 is 1.47 bits per heavy atom. The van der Waals surface area contributed by atoms with Crippen LogP contribution in [0, 0.1) is 0 Å². The number of aromatic amines is 1. The van der Waals surface area contributed by atoms with Crippen molar-refractivity contribution in [3.63, 3.8) is 0 Å². The summed E-state index contributed by atoms with van der Waals surface area (Å²) in [5, 5.41) is 0. The van der Waals surface area contributed by atoms with Gasteiger partial charge in [-0.15, -0.1) is 0 Å². The van der Waals surface area contributed by atoms with Crippen molar-refractivity contribution in [2.75, 3.05) is 13.7 Å². The average Bonchev–Trinajstić information content (AvgIpc) is 3.11. The molecule has 0 amide bonds. The average molecular weight is 257 g/mol. The van der Waals surface area contributed by atoms with Crippen molar-refractivity contribution >= 4 is 0 Å². The zero-order valence-electron chi connectivity index (χ0n) is 11.2. The van der Waals surface area contributed by atoms with Crippen LogP contribution >= 0.6 is 0 Å². The van der Waals surface area contributed by atoms with Gasteiger partial charge in [0, 0.05) is 18.4 Å². The smallest absolute Gasteiger partial charge is 0.120 e. The summed E-state index contributed by atoms with van der Waals surface area (Å²) in [6.07, 6.45) is 6.13. The van der Waals surface area contributed by atoms with Crippen molar-refractivity contribution in [3.05, 3.63) is 48.0 Å². The van der Waals surface area contributed by atoms with E-state index in [4.69, 9.17) is 4.74 Å². The fourth-order valence-electron chi connectivity index (χ4n) is 2.82. The molecule has 0 bridgehead atoms. The van der Waals surface area contributed by atoms with Crippen LogP contribution in [0.3, 0.4) is 0 Å². The summed E-state index contributed by atoms with van der Waals surface area (Å²) in [7, 11) is 1.72. The van der Waals surface area contributed by atoms with E-state index < -0.39 is 0 Å². The van der Waals surface area contributed by atoms with Gasteiger partial charge in [0.2, 0.25) is 0 Å². The SMILES string of the molecule is COc1cccc([C@H]2CCCN2Cc2ncc[nH]2)c1. The zero-order valence-corrected chi connectivity index (χ0v) is 11.2. The van der Waals surface area contributed by atoms with Crippen molar-refractivity contribution < 1.29 is 4.74 Å². The highest BCUT2D eigenvalue weighted by Crippen LogP contribution is 2.34. The second-order valence-corrected chi connectivity index (χ2v) is 4.94. The third-order valence-electron chi connectivity index (χ3n) is 3.75. The molecule has 1 saturated heterocycles. The predicted molar refractivity (Wildman–Crippen MR) is 74.0 cm³/mol. The second kappa shape index (κ2) is 5.45. The molecule has 1 aromatic heterocycles. The van der Waals surface area contributed by atoms with Crippen LogP contribution in [0.15, 0.2) is 36.7 Å². The molecule has 0 aliphatic carbocycles. The Balaban J connectivity index is 1.78. The number of nitrogens with one attached hydrogen (secondary N) is 1. The minimum absolute atomic E-state index is 0.472. The van der Waals surface area contributed by atoms with Crippen LogP contribution in [0.4, 0.5) is 0 Å². The van der Waals surface area contributed by atoms with Crippen molar-refractivity contribution in [2.45, 2.75) is 25.4 Å². The van der Waals surface area contributed by atoms with Crippen LogP contribution in [0.1, 0.15) is 30.3 Å². The minimum Gasteiger partial charge on any atom is -0.497 e. The summed E-state index contributed by atoms with van der Waals surface area (Å²) >= 11 is 0. The number of rotatable bonds is 4. The Bertz CT molecular complexity index is 524. The summed E-state index contributed by atoms with van der Waals surface area (Å²) in [6.45, 7) is 2.01. The van der Waals surface area contributed by atoms with Gasteiger partial charge >= 0.3 is 0 Å². The summed E-state index contributed by atoms with van der Waals surface area (Å²) in [4.78, 5) is 9.98. The number of H-pyrrole nitrogens is 1. The lowest BCUT2D eigenvalue weighted by atomic mass is 10.0. The van der Waals surface area contributed by atoms with Crippen molar-refractivity contribution in [1.29, 1.82) is 0 Å². The molecular weight excluding hydrogens is 238 g/mol. The lowest BCUT2D eigenvalue weighted by Crippen LogP contribution is -2.23. The number of methoxy groups -OCH3 is 1. The quantitative estimate of drug-likeness (QED) is 0.915. The molecule has 1 aromatic carbocycles. The van der Waals surface area contributed by atoms with E-state index in [0.29, 0.717) is 6.04 Å². The largest absolute Gasteiger partial charge is 0.497 e. The molecule has 0 saturated carbocycles. The predicted octanol–water partition coefficient (Wildman–Crippen LogP) is 2.76. The van der Waals surface area contributed by atoms with Crippen LogP contribution in [0.5, 0.6) is 5.75 Å². The Labute approximate surface area is 113 Å². The van der Waals surface area contributed by atoms with Crippen LogP contribution in [-0.4, -0.2) is 28.5 Å². The van der Waals surface area contributed by atoms with E-state index in [1.807, 2.05) is 18.5 Å². The number of benzene rings is 1. The fourth-order valence-corrected chi connectivity index (χ4v) is 2.82. The zero-order chi connectivity index (χ0) is 13.1. The Morgan fingerprint density at radius 2 is 2.42 bits per heavy atom. The van der Waals surface area contributed by atoms with Gasteiger partial charge in [-0.25, -0.2) is 4.98 Å². The molecule has 100 valence electrons. The van der Waals surface area contributed by atoms with Gasteiger partial charge in [0.25, 0.3) is 0 Å². The Hall–Kier alpha value is -1.81. The van der Waals surface area contributed by atoms with Crippen LogP contribution in [0.2, 0.25) is 0 Å². The lowest BCUT2D eigenvalue weighted by molar-refractivity contribution is 0.242. The van der Waals surface area contributed by atoms with Crippen molar-refractivity contribution in [3.8, 4) is 5.75 Å². The minimum atomic E-state index is 0.472. The van der Waals surface area contributed by atoms with E-state index in [1.54, 1.807) is 7.11 Å². The molecular formula is C15H19N3O. The van der Waals surface area contributed by atoms with E-state index in [-0.39, 0.29) is 0 Å². The highest BCUT2D eigenvalue weighted by molar-refractivity contribution is 5.31. The highest BCUT2D eigenvalue weighted by atomic mass is 16.5. The van der Waals surface area contributed by atoms with Gasteiger partial charge < -0.3 is 9.72 Å². The Morgan fingerprint density at radius 3 is 3.21 bits per heavy atom. The number of nitrogens with zero attached hydrogens (tertiary/aromatic N) is 2. The first-order valence-electron chi connectivity index (χ1n) is 6.73. The van der Waals surface area contributed by atoms with E-state index in [9.17, 15) is 0 Å². The number of ether oxygens (including phenoxy) is 1. The normalized spacial score (nSPS) is 19.7. The van der Waals surface area contributed by atoms with Gasteiger partial charge in [-0.3, -0.25) is 4.90 Å². The second-order valence-electron chi connectivity index (χ2n) is 4.94. The first-order chi connectivity index (χ1) is 9.36. The van der Waals surface area contributed by atoms with Gasteiger partial charge in [-0.2, -0.15) is 0 Å². The molecule has 2 heterocycles. The number of likely N-dealkylation sites (tertiary alicyclic amines) is 1. The Kier molecular flexibility index (Phi) is 3.51. The number of imidazole rings is 1. The topological polar surface area (TPSA) is 41.1 Å². The van der Waals surface area contributed by atoms with E-state index in [0.717, 1.165) is 24.7 Å². The maximum atomic E-state index is 5.32. The third-order valence-corrected chi connectivity index (χ3v) is 3.75. The van der Waals surface area contributed by atoms with E-state index >= 15 is 0 Å². The lowest BCUT2D eigenvalue weighted by Gasteiger charge is -2.24. The molecule has 4 heteroatoms. The van der Waals surface area contributed by atoms with E-state index in [2.05, 4.69) is 33.1 Å². The number of hydrogen-bond donors (Lipinski definition) is 1. The van der Waals surface area contributed by atoms with Crippen LogP contribution in [-0.2, 0) is 6.54 Å². The summed E-state index contributed by atoms with van der Waals surface area (Å²) in [5.74, 6) is 1.97. The molecule has 0 radical (unpaired) electrons. The van der Waals surface area contributed by atoms with Gasteiger partial charge in [-0.05, 0) is 37.1 Å². The summed E-state index contributed by atoms with van der Waals surface area (Å²) in [5.41, 5.74) is 1.34. The van der Waals surface area contributed by atoms with Crippen LogP contribution < -0.4 is 4.74 Å². The molecule has 1 aliphatic rings. The number of hydrogen-bond acceptors (Lipinski definition) is 3. The molecule has 1 N–H and O–H groups in total. The fraction of sp³-hybridized carbons (Fsp3) is 0.400. The third kappa shape index (κ3) is 2.63. The number of aromatic nitrogens is 2. The van der Waals surface area contributed by atoms with Gasteiger partial charge in [0.1, 0.15) is 11.6 Å². The monoisotopic (exact) mass is 257 g/mol. The molecule has 1 aliphatic heterocycles. The van der Waals surface area contributed by atoms with Crippen molar-refractivity contribution in [1.82, 2.24) is 14.9 Å². The maximum absolute atomic E-state index is 5.32. The summed E-state index contributed by atoms with van der Waals surface area (Å²) < 4.78 is 5.32. The maximum Gasteiger partial charge on any atom is 0.120 e. The highest BCUT2D eigenvalue weighted by Gasteiger charge is 2.26. The molecule has 19 heavy (non-hydrogen) atoms. The first-order valence-corrected chi connectivity index (χ1v) is 6.73. The molecule has 2 aromatic rings. The van der Waals surface area contributed by atoms with Crippen LogP contribution in [0.25, 0.3) is 0 Å². The molecule has 1 fully saturated rings. The van der Waals surface area contributed by atoms with E-state index in [1.165, 1.54) is 18.4 Å². The first kappa shape index (κ1) is 12.2.